The Morgan fingerprint density at radius 1 is 0.897 bits per heavy atom. The number of rotatable bonds is 6. The van der Waals surface area contributed by atoms with Crippen LogP contribution >= 0.6 is 0 Å². The second kappa shape index (κ2) is 8.83. The molecule has 0 unspecified atom stereocenters. The summed E-state index contributed by atoms with van der Waals surface area (Å²) < 4.78 is 5.33. The minimum Gasteiger partial charge on any atom is -0.495 e. The lowest BCUT2D eigenvalue weighted by molar-refractivity contribution is -0.114. The average molecular weight is 391 g/mol. The molecule has 1 heterocycles. The van der Waals surface area contributed by atoms with E-state index < -0.39 is 0 Å². The Hall–Kier alpha value is -3.94. The van der Waals surface area contributed by atoms with Crippen molar-refractivity contribution < 1.29 is 14.3 Å². The maximum absolute atomic E-state index is 12.4. The summed E-state index contributed by atoms with van der Waals surface area (Å²) in [5.41, 5.74) is 3.24. The minimum absolute atomic E-state index is 0.158. The number of anilines is 4. The van der Waals surface area contributed by atoms with Crippen molar-refractivity contribution in [3.8, 4) is 5.75 Å². The number of aromatic nitrogens is 2. The molecule has 3 rings (SSSR count). The normalized spacial score (nSPS) is 10.2. The Morgan fingerprint density at radius 2 is 1.59 bits per heavy atom. The zero-order chi connectivity index (χ0) is 20.8. The molecule has 0 fully saturated rings. The number of hydrogen-bond donors (Lipinski definition) is 3. The van der Waals surface area contributed by atoms with Crippen molar-refractivity contribution in [3.05, 3.63) is 65.9 Å². The number of nitrogens with zero attached hydrogens (tertiary/aromatic N) is 2. The third-order valence-electron chi connectivity index (χ3n) is 3.98. The number of hydrogen-bond acceptors (Lipinski definition) is 6. The fraction of sp³-hybridized carbons (Fsp3) is 0.143. The van der Waals surface area contributed by atoms with Crippen molar-refractivity contribution in [2.24, 2.45) is 0 Å². The topological polar surface area (TPSA) is 105 Å². The third-order valence-corrected chi connectivity index (χ3v) is 3.98. The van der Waals surface area contributed by atoms with Crippen molar-refractivity contribution in [1.29, 1.82) is 0 Å². The lowest BCUT2D eigenvalue weighted by Gasteiger charge is -2.11. The molecule has 8 nitrogen and oxygen atoms in total. The van der Waals surface area contributed by atoms with Gasteiger partial charge in [-0.2, -0.15) is 0 Å². The van der Waals surface area contributed by atoms with Crippen molar-refractivity contribution >= 4 is 34.7 Å². The molecule has 0 aliphatic rings. The molecule has 29 heavy (non-hydrogen) atoms. The summed E-state index contributed by atoms with van der Waals surface area (Å²) in [4.78, 5) is 23.4. The van der Waals surface area contributed by atoms with E-state index in [0.29, 0.717) is 22.9 Å². The molecule has 0 bridgehead atoms. The van der Waals surface area contributed by atoms with Crippen molar-refractivity contribution in [2.45, 2.75) is 13.8 Å². The van der Waals surface area contributed by atoms with Gasteiger partial charge in [-0.05, 0) is 61.0 Å². The van der Waals surface area contributed by atoms with Gasteiger partial charge in [0.25, 0.3) is 5.91 Å². The van der Waals surface area contributed by atoms with Gasteiger partial charge in [0.2, 0.25) is 5.91 Å². The van der Waals surface area contributed by atoms with E-state index in [2.05, 4.69) is 26.1 Å². The average Bonchev–Trinajstić information content (AvgIpc) is 2.70. The van der Waals surface area contributed by atoms with E-state index in [1.54, 1.807) is 43.5 Å². The summed E-state index contributed by atoms with van der Waals surface area (Å²) in [6.45, 7) is 3.41. The highest BCUT2D eigenvalue weighted by Gasteiger charge is 2.10. The molecule has 8 heteroatoms. The van der Waals surface area contributed by atoms with Gasteiger partial charge in [-0.15, -0.1) is 10.2 Å². The Labute approximate surface area is 168 Å². The van der Waals surface area contributed by atoms with Crippen LogP contribution in [0, 0.1) is 6.92 Å². The highest BCUT2D eigenvalue weighted by molar-refractivity contribution is 6.03. The summed E-state index contributed by atoms with van der Waals surface area (Å²) in [6, 6.07) is 15.8. The number of methoxy groups -OCH3 is 1. The maximum Gasteiger partial charge on any atom is 0.276 e. The summed E-state index contributed by atoms with van der Waals surface area (Å²) in [5, 5.41) is 16.6. The fourth-order valence-electron chi connectivity index (χ4n) is 2.61. The van der Waals surface area contributed by atoms with Gasteiger partial charge in [0.05, 0.1) is 12.8 Å². The number of ether oxygens (including phenoxy) is 1. The summed E-state index contributed by atoms with van der Waals surface area (Å²) in [7, 11) is 1.59. The molecule has 2 amide bonds. The van der Waals surface area contributed by atoms with Crippen LogP contribution in [0.15, 0.2) is 54.6 Å². The predicted octanol–water partition coefficient (Wildman–Crippen LogP) is 3.75. The van der Waals surface area contributed by atoms with Gasteiger partial charge >= 0.3 is 0 Å². The molecule has 0 atom stereocenters. The second-order valence-electron chi connectivity index (χ2n) is 6.35. The van der Waals surface area contributed by atoms with Gasteiger partial charge in [-0.3, -0.25) is 9.59 Å². The molecule has 0 saturated carbocycles. The molecule has 2 aromatic carbocycles. The summed E-state index contributed by atoms with van der Waals surface area (Å²) in [6.07, 6.45) is 0. The van der Waals surface area contributed by atoms with E-state index in [0.717, 1.165) is 11.3 Å². The number of benzene rings is 2. The lowest BCUT2D eigenvalue weighted by atomic mass is 10.2. The van der Waals surface area contributed by atoms with E-state index in [9.17, 15) is 9.59 Å². The molecule has 3 N–H and O–H groups in total. The van der Waals surface area contributed by atoms with Crippen molar-refractivity contribution in [1.82, 2.24) is 10.2 Å². The zero-order valence-corrected chi connectivity index (χ0v) is 16.3. The number of amides is 2. The Bertz CT molecular complexity index is 1020. The first-order chi connectivity index (χ1) is 13.9. The highest BCUT2D eigenvalue weighted by Crippen LogP contribution is 2.27. The zero-order valence-electron chi connectivity index (χ0n) is 16.3. The smallest absolute Gasteiger partial charge is 0.276 e. The number of carbonyl (C=O) groups is 2. The highest BCUT2D eigenvalue weighted by atomic mass is 16.5. The first-order valence-electron chi connectivity index (χ1n) is 8.89. The molecule has 1 aromatic heterocycles. The van der Waals surface area contributed by atoms with E-state index >= 15 is 0 Å². The van der Waals surface area contributed by atoms with Gasteiger partial charge in [0, 0.05) is 18.3 Å². The molecule has 0 spiro atoms. The van der Waals surface area contributed by atoms with Crippen LogP contribution in [0.3, 0.4) is 0 Å². The molecule has 0 radical (unpaired) electrons. The van der Waals surface area contributed by atoms with Gasteiger partial charge in [0.1, 0.15) is 5.75 Å². The van der Waals surface area contributed by atoms with Gasteiger partial charge < -0.3 is 20.7 Å². The van der Waals surface area contributed by atoms with Crippen LogP contribution in [0.1, 0.15) is 23.0 Å². The Balaban J connectivity index is 1.66. The second-order valence-corrected chi connectivity index (χ2v) is 6.35. The van der Waals surface area contributed by atoms with Gasteiger partial charge in [-0.1, -0.05) is 6.07 Å². The van der Waals surface area contributed by atoms with Crippen LogP contribution < -0.4 is 20.7 Å². The van der Waals surface area contributed by atoms with Gasteiger partial charge in [0.15, 0.2) is 11.5 Å². The maximum atomic E-state index is 12.4. The lowest BCUT2D eigenvalue weighted by Crippen LogP contribution is -2.14. The van der Waals surface area contributed by atoms with E-state index in [1.165, 1.54) is 6.92 Å². The molecular weight excluding hydrogens is 370 g/mol. The molecule has 148 valence electrons. The summed E-state index contributed by atoms with van der Waals surface area (Å²) >= 11 is 0. The van der Waals surface area contributed by atoms with Crippen molar-refractivity contribution in [3.63, 3.8) is 0 Å². The first-order valence-corrected chi connectivity index (χ1v) is 8.89. The number of nitrogens with one attached hydrogen (secondary N) is 3. The third kappa shape index (κ3) is 5.29. The van der Waals surface area contributed by atoms with Crippen LogP contribution in [0.25, 0.3) is 0 Å². The van der Waals surface area contributed by atoms with Crippen LogP contribution in [-0.4, -0.2) is 29.1 Å². The fourth-order valence-corrected chi connectivity index (χ4v) is 2.61. The molecule has 0 saturated heterocycles. The van der Waals surface area contributed by atoms with Crippen LogP contribution in [0.5, 0.6) is 5.75 Å². The van der Waals surface area contributed by atoms with E-state index in [1.807, 2.05) is 25.1 Å². The first kappa shape index (κ1) is 19.8. The van der Waals surface area contributed by atoms with E-state index in [-0.39, 0.29) is 17.5 Å². The quantitative estimate of drug-likeness (QED) is 0.591. The predicted molar refractivity (Wildman–Crippen MR) is 112 cm³/mol. The molecule has 3 aromatic rings. The van der Waals surface area contributed by atoms with Crippen LogP contribution in [0.4, 0.5) is 22.9 Å². The van der Waals surface area contributed by atoms with Crippen LogP contribution in [-0.2, 0) is 4.79 Å². The van der Waals surface area contributed by atoms with Crippen LogP contribution in [0.2, 0.25) is 0 Å². The number of aryl methyl sites for hydroxylation is 1. The number of carbonyl (C=O) groups excluding carboxylic acids is 2. The van der Waals surface area contributed by atoms with Crippen molar-refractivity contribution in [2.75, 3.05) is 23.1 Å². The molecule has 0 aliphatic carbocycles. The monoisotopic (exact) mass is 391 g/mol. The molecular formula is C21H21N5O3. The standard InChI is InChI=1S/C21H21N5O3/c1-13-4-10-19(29-3)18(12-13)24-20-11-9-17(25-26-20)21(28)23-16-7-5-15(6-8-16)22-14(2)27/h4-12H,1-3H3,(H,22,27)(H,23,28)(H,24,26). The van der Waals surface area contributed by atoms with E-state index in [4.69, 9.17) is 4.74 Å². The molecule has 0 aliphatic heterocycles. The Kier molecular flexibility index (Phi) is 6.03. The minimum atomic E-state index is -0.385. The van der Waals surface area contributed by atoms with Gasteiger partial charge in [-0.25, -0.2) is 0 Å². The SMILES string of the molecule is COc1ccc(C)cc1Nc1ccc(C(=O)Nc2ccc(NC(C)=O)cc2)nn1. The largest absolute Gasteiger partial charge is 0.495 e. The Morgan fingerprint density at radius 3 is 2.17 bits per heavy atom. The summed E-state index contributed by atoms with van der Waals surface area (Å²) in [5.74, 6) is 0.630.